The quantitative estimate of drug-likeness (QED) is 0.202. The summed E-state index contributed by atoms with van der Waals surface area (Å²) < 4.78 is 5.41. The number of rotatable bonds is 7. The number of hydrogen-bond acceptors (Lipinski definition) is 4. The fourth-order valence-corrected chi connectivity index (χ4v) is 4.22. The van der Waals surface area contributed by atoms with Crippen LogP contribution in [0.4, 0.5) is 5.69 Å². The maximum atomic E-state index is 11.8. The van der Waals surface area contributed by atoms with Crippen LogP contribution in [0.2, 0.25) is 0 Å². The van der Waals surface area contributed by atoms with Gasteiger partial charge < -0.3 is 14.7 Å². The first-order valence-corrected chi connectivity index (χ1v) is 13.4. The zero-order chi connectivity index (χ0) is 28.8. The molecule has 0 spiro atoms. The van der Waals surface area contributed by atoms with Crippen LogP contribution in [-0.2, 0) is 35.4 Å². The van der Waals surface area contributed by atoms with Gasteiger partial charge in [-0.15, -0.1) is 12.8 Å². The molecule has 0 aromatic heterocycles. The molecule has 206 valence electrons. The summed E-state index contributed by atoms with van der Waals surface area (Å²) in [5.41, 5.74) is 5.52. The van der Waals surface area contributed by atoms with Crippen LogP contribution in [-0.4, -0.2) is 23.6 Å². The normalized spacial score (nSPS) is 11.9. The summed E-state index contributed by atoms with van der Waals surface area (Å²) in [5, 5.41) is 8.76. The molecule has 5 heteroatoms. The predicted octanol–water partition coefficient (Wildman–Crippen LogP) is 7.11. The van der Waals surface area contributed by atoms with Gasteiger partial charge in [-0.2, -0.15) is 0 Å². The summed E-state index contributed by atoms with van der Waals surface area (Å²) in [7, 11) is 0. The first-order valence-electron chi connectivity index (χ1n) is 13.4. The van der Waals surface area contributed by atoms with Crippen LogP contribution in [0.1, 0.15) is 62.8 Å². The minimum Gasteiger partial charge on any atom is -0.481 e. The largest absolute Gasteiger partial charge is 0.481 e. The van der Waals surface area contributed by atoms with E-state index in [9.17, 15) is 9.59 Å². The molecule has 0 heterocycles. The lowest BCUT2D eigenvalue weighted by molar-refractivity contribution is -0.143. The predicted molar refractivity (Wildman–Crippen MR) is 159 cm³/mol. The molecule has 4 rings (SSSR count). The van der Waals surface area contributed by atoms with E-state index in [1.54, 1.807) is 0 Å². The highest BCUT2D eigenvalue weighted by Crippen LogP contribution is 2.27. The molecule has 5 nitrogen and oxygen atoms in total. The van der Waals surface area contributed by atoms with Gasteiger partial charge in [0.05, 0.1) is 11.8 Å². The maximum absolute atomic E-state index is 11.8. The summed E-state index contributed by atoms with van der Waals surface area (Å²) >= 11 is 0. The third-order valence-electron chi connectivity index (χ3n) is 6.40. The molecule has 0 radical (unpaired) electrons. The number of hydrogen-bond donors (Lipinski definition) is 1. The van der Waals surface area contributed by atoms with Crippen LogP contribution in [0.15, 0.2) is 72.8 Å². The van der Waals surface area contributed by atoms with Gasteiger partial charge in [-0.1, -0.05) is 48.5 Å². The van der Waals surface area contributed by atoms with Crippen molar-refractivity contribution >= 4 is 17.6 Å². The molecule has 3 aromatic rings. The van der Waals surface area contributed by atoms with E-state index in [0.717, 1.165) is 31.5 Å². The third-order valence-corrected chi connectivity index (χ3v) is 6.40. The van der Waals surface area contributed by atoms with Crippen molar-refractivity contribution in [2.45, 2.75) is 66.3 Å². The number of carbonyl (C=O) groups excluding carboxylic acids is 1. The molecule has 0 saturated carbocycles. The second-order valence-corrected chi connectivity index (χ2v) is 10.5. The molecule has 3 aromatic carbocycles. The van der Waals surface area contributed by atoms with Gasteiger partial charge in [0.1, 0.15) is 5.75 Å². The lowest BCUT2D eigenvalue weighted by atomic mass is 9.91. The molecule has 0 atom stereocenters. The van der Waals surface area contributed by atoms with Crippen LogP contribution in [0.5, 0.6) is 5.75 Å². The highest BCUT2D eigenvalue weighted by atomic mass is 16.5. The number of esters is 1. The standard InChI is InChI=1S/C17H19NO2.C15H20O2.C2H2/c1-2-18(16-6-4-3-5-7-16)13-15-10-8-14(9-11-15)12-17(19)20;1-15(2,3)14(16)17-13-9-8-11-6-4-5-7-12(11)10-13;1-2/h3-11H,2,12-13H2,1H3,(H,19,20);8-10H,4-7H2,1-3H3;1-2H. The Labute approximate surface area is 233 Å². The molecule has 0 aliphatic heterocycles. The smallest absolute Gasteiger partial charge is 0.316 e. The Morgan fingerprint density at radius 3 is 2.03 bits per heavy atom. The molecule has 0 amide bonds. The molecule has 0 saturated heterocycles. The van der Waals surface area contributed by atoms with Gasteiger partial charge in [-0.25, -0.2) is 0 Å². The number of benzene rings is 3. The van der Waals surface area contributed by atoms with Crippen LogP contribution < -0.4 is 9.64 Å². The summed E-state index contributed by atoms with van der Waals surface area (Å²) in [4.78, 5) is 24.7. The average molecular weight is 528 g/mol. The zero-order valence-electron chi connectivity index (χ0n) is 23.7. The lowest BCUT2D eigenvalue weighted by Crippen LogP contribution is -2.25. The van der Waals surface area contributed by atoms with Crippen LogP contribution in [0.3, 0.4) is 0 Å². The van der Waals surface area contributed by atoms with Crippen molar-refractivity contribution in [2.75, 3.05) is 11.4 Å². The van der Waals surface area contributed by atoms with Crippen molar-refractivity contribution in [2.24, 2.45) is 5.41 Å². The van der Waals surface area contributed by atoms with Gasteiger partial charge in [-0.3, -0.25) is 9.59 Å². The molecular formula is C34H41NO4. The minimum atomic E-state index is -0.794. The molecule has 39 heavy (non-hydrogen) atoms. The van der Waals surface area contributed by atoms with Gasteiger partial charge in [-0.05, 0) is 99.9 Å². The number of carboxylic acid groups (broad SMARTS) is 1. The minimum absolute atomic E-state index is 0.0798. The first kappa shape index (κ1) is 31.2. The summed E-state index contributed by atoms with van der Waals surface area (Å²) in [5.74, 6) is -0.281. The number of aryl methyl sites for hydroxylation is 2. The first-order chi connectivity index (χ1) is 18.7. The van der Waals surface area contributed by atoms with E-state index in [-0.39, 0.29) is 12.4 Å². The van der Waals surface area contributed by atoms with Crippen molar-refractivity contribution in [3.8, 4) is 18.6 Å². The molecule has 1 aliphatic rings. The second-order valence-electron chi connectivity index (χ2n) is 10.5. The highest BCUT2D eigenvalue weighted by Gasteiger charge is 2.24. The zero-order valence-corrected chi connectivity index (χ0v) is 23.7. The Kier molecular flexibility index (Phi) is 12.3. The maximum Gasteiger partial charge on any atom is 0.316 e. The molecule has 0 unspecified atom stereocenters. The number of terminal acetylenes is 1. The van der Waals surface area contributed by atoms with Gasteiger partial charge >= 0.3 is 11.9 Å². The topological polar surface area (TPSA) is 66.8 Å². The number of carboxylic acids is 1. The van der Waals surface area contributed by atoms with E-state index < -0.39 is 11.4 Å². The van der Waals surface area contributed by atoms with E-state index in [1.165, 1.54) is 35.2 Å². The van der Waals surface area contributed by atoms with E-state index in [1.807, 2.05) is 75.4 Å². The van der Waals surface area contributed by atoms with Crippen molar-refractivity contribution in [3.63, 3.8) is 0 Å². The van der Waals surface area contributed by atoms with E-state index in [2.05, 4.69) is 42.9 Å². The van der Waals surface area contributed by atoms with E-state index >= 15 is 0 Å². The second kappa shape index (κ2) is 15.4. The number of aliphatic carboxylic acids is 1. The summed E-state index contributed by atoms with van der Waals surface area (Å²) in [6, 6.07) is 24.1. The fourth-order valence-electron chi connectivity index (χ4n) is 4.22. The number of ether oxygens (including phenoxy) is 1. The Morgan fingerprint density at radius 1 is 0.872 bits per heavy atom. The van der Waals surface area contributed by atoms with Gasteiger partial charge in [0.15, 0.2) is 0 Å². The number of anilines is 1. The lowest BCUT2D eigenvalue weighted by Gasteiger charge is -2.23. The van der Waals surface area contributed by atoms with Gasteiger partial charge in [0.25, 0.3) is 0 Å². The van der Waals surface area contributed by atoms with Crippen molar-refractivity contribution in [1.82, 2.24) is 0 Å². The number of para-hydroxylation sites is 1. The van der Waals surface area contributed by atoms with Crippen molar-refractivity contribution in [1.29, 1.82) is 0 Å². The van der Waals surface area contributed by atoms with Crippen molar-refractivity contribution in [3.05, 3.63) is 95.1 Å². The van der Waals surface area contributed by atoms with E-state index in [4.69, 9.17) is 9.84 Å². The SMILES string of the molecule is C#C.CC(C)(C)C(=O)Oc1ccc2c(c1)CCCC2.CCN(Cc1ccc(CC(=O)O)cc1)c1ccccc1. The third kappa shape index (κ3) is 10.3. The van der Waals surface area contributed by atoms with Crippen molar-refractivity contribution < 1.29 is 19.4 Å². The molecular weight excluding hydrogens is 486 g/mol. The van der Waals surface area contributed by atoms with Crippen LogP contribution in [0, 0.1) is 18.3 Å². The molecule has 1 aliphatic carbocycles. The highest BCUT2D eigenvalue weighted by molar-refractivity contribution is 5.77. The monoisotopic (exact) mass is 527 g/mol. The van der Waals surface area contributed by atoms with Gasteiger partial charge in [0, 0.05) is 18.8 Å². The Morgan fingerprint density at radius 2 is 1.46 bits per heavy atom. The summed E-state index contributed by atoms with van der Waals surface area (Å²) in [6.07, 6.45) is 12.9. The Hall–Kier alpha value is -4.04. The van der Waals surface area contributed by atoms with E-state index in [0.29, 0.717) is 5.75 Å². The number of fused-ring (bicyclic) bond motifs is 1. The van der Waals surface area contributed by atoms with Crippen LogP contribution in [0.25, 0.3) is 0 Å². The Bertz CT molecular complexity index is 1210. The molecule has 0 bridgehead atoms. The number of nitrogens with zero attached hydrogens (tertiary/aromatic N) is 1. The Balaban J connectivity index is 0.000000260. The number of carbonyl (C=O) groups is 2. The fraction of sp³-hybridized carbons (Fsp3) is 0.353. The van der Waals surface area contributed by atoms with Crippen LogP contribution >= 0.6 is 0 Å². The molecule has 0 fully saturated rings. The average Bonchev–Trinajstić information content (AvgIpc) is 2.93. The summed E-state index contributed by atoms with van der Waals surface area (Å²) in [6.45, 7) is 9.50. The molecule has 1 N–H and O–H groups in total. The van der Waals surface area contributed by atoms with Gasteiger partial charge in [0.2, 0.25) is 0 Å².